The first-order valence-corrected chi connectivity index (χ1v) is 8.93. The quantitative estimate of drug-likeness (QED) is 0.608. The summed E-state index contributed by atoms with van der Waals surface area (Å²) in [5.74, 6) is -0.298. The number of rotatable bonds is 6. The Kier molecular flexibility index (Phi) is 6.01. The Labute approximate surface area is 164 Å². The van der Waals surface area contributed by atoms with Crippen LogP contribution >= 0.6 is 0 Å². The molecular weight excluding hydrogens is 352 g/mol. The second kappa shape index (κ2) is 8.81. The Morgan fingerprint density at radius 1 is 0.929 bits per heavy atom. The molecule has 28 heavy (non-hydrogen) atoms. The van der Waals surface area contributed by atoms with Gasteiger partial charge >= 0.3 is 0 Å². The van der Waals surface area contributed by atoms with Crippen LogP contribution < -0.4 is 16.0 Å². The number of aromatic nitrogens is 1. The van der Waals surface area contributed by atoms with Crippen molar-refractivity contribution in [2.75, 3.05) is 10.6 Å². The van der Waals surface area contributed by atoms with Crippen LogP contribution in [0.15, 0.2) is 67.0 Å². The second-order valence-electron chi connectivity index (χ2n) is 6.52. The zero-order valence-electron chi connectivity index (χ0n) is 15.8. The molecule has 0 radical (unpaired) electrons. The molecule has 0 fully saturated rings. The molecule has 1 aromatic heterocycles. The lowest BCUT2D eigenvalue weighted by molar-refractivity contribution is -0.114. The van der Waals surface area contributed by atoms with E-state index in [1.807, 2.05) is 43.3 Å². The van der Waals surface area contributed by atoms with Gasteiger partial charge in [-0.25, -0.2) is 0 Å². The van der Waals surface area contributed by atoms with Crippen LogP contribution in [0, 0.1) is 6.92 Å². The second-order valence-corrected chi connectivity index (χ2v) is 6.52. The van der Waals surface area contributed by atoms with Crippen molar-refractivity contribution in [1.82, 2.24) is 10.3 Å². The fourth-order valence-electron chi connectivity index (χ4n) is 2.75. The van der Waals surface area contributed by atoms with Gasteiger partial charge in [0.1, 0.15) is 0 Å². The van der Waals surface area contributed by atoms with E-state index < -0.39 is 0 Å². The molecular formula is C22H22N4O2. The van der Waals surface area contributed by atoms with Crippen molar-refractivity contribution in [1.29, 1.82) is 0 Å². The number of amides is 2. The molecule has 0 saturated heterocycles. The first kappa shape index (κ1) is 19.1. The highest BCUT2D eigenvalue weighted by Crippen LogP contribution is 2.19. The largest absolute Gasteiger partial charge is 0.354 e. The lowest BCUT2D eigenvalue weighted by Gasteiger charge is -2.10. The maximum Gasteiger partial charge on any atom is 0.253 e. The van der Waals surface area contributed by atoms with Crippen molar-refractivity contribution >= 4 is 28.9 Å². The van der Waals surface area contributed by atoms with Crippen molar-refractivity contribution in [3.05, 3.63) is 83.7 Å². The van der Waals surface area contributed by atoms with Gasteiger partial charge in [0.25, 0.3) is 5.91 Å². The molecule has 1 heterocycles. The lowest BCUT2D eigenvalue weighted by atomic mass is 10.1. The van der Waals surface area contributed by atoms with Gasteiger partial charge in [-0.3, -0.25) is 14.6 Å². The molecule has 0 aliphatic heterocycles. The fourth-order valence-corrected chi connectivity index (χ4v) is 2.75. The molecule has 0 atom stereocenters. The number of anilines is 3. The molecule has 0 saturated carbocycles. The van der Waals surface area contributed by atoms with E-state index in [0.29, 0.717) is 17.8 Å². The van der Waals surface area contributed by atoms with Crippen LogP contribution in [-0.4, -0.2) is 16.8 Å². The molecule has 3 N–H and O–H groups in total. The Morgan fingerprint density at radius 3 is 2.39 bits per heavy atom. The molecule has 3 rings (SSSR count). The number of carbonyl (C=O) groups is 2. The summed E-state index contributed by atoms with van der Waals surface area (Å²) < 4.78 is 0. The van der Waals surface area contributed by atoms with Gasteiger partial charge in [0.15, 0.2) is 0 Å². The van der Waals surface area contributed by atoms with Gasteiger partial charge in [0.05, 0.1) is 17.4 Å². The number of nitrogens with one attached hydrogen (secondary N) is 3. The summed E-state index contributed by atoms with van der Waals surface area (Å²) in [7, 11) is 0. The topological polar surface area (TPSA) is 83.1 Å². The highest BCUT2D eigenvalue weighted by molar-refractivity contribution is 5.94. The van der Waals surface area contributed by atoms with E-state index >= 15 is 0 Å². The van der Waals surface area contributed by atoms with Crippen LogP contribution in [0.2, 0.25) is 0 Å². The van der Waals surface area contributed by atoms with E-state index in [9.17, 15) is 9.59 Å². The van der Waals surface area contributed by atoms with Crippen LogP contribution in [-0.2, 0) is 11.3 Å². The molecule has 0 unspecified atom stereocenters. The van der Waals surface area contributed by atoms with Crippen LogP contribution in [0.5, 0.6) is 0 Å². The number of pyridine rings is 1. The van der Waals surface area contributed by atoms with Gasteiger partial charge < -0.3 is 16.0 Å². The van der Waals surface area contributed by atoms with E-state index in [2.05, 4.69) is 20.9 Å². The van der Waals surface area contributed by atoms with E-state index in [1.165, 1.54) is 13.1 Å². The maximum atomic E-state index is 12.4. The zero-order valence-corrected chi connectivity index (χ0v) is 15.8. The first-order valence-electron chi connectivity index (χ1n) is 8.93. The molecule has 3 aromatic rings. The first-order chi connectivity index (χ1) is 13.5. The van der Waals surface area contributed by atoms with Crippen molar-refractivity contribution in [2.24, 2.45) is 0 Å². The molecule has 6 nitrogen and oxygen atoms in total. The Bertz CT molecular complexity index is 984. The monoisotopic (exact) mass is 374 g/mol. The number of aryl methyl sites for hydroxylation is 1. The van der Waals surface area contributed by atoms with Crippen molar-refractivity contribution in [3.63, 3.8) is 0 Å². The minimum atomic E-state index is -0.182. The number of carbonyl (C=O) groups excluding carboxylic acids is 2. The van der Waals surface area contributed by atoms with Gasteiger partial charge in [-0.2, -0.15) is 0 Å². The van der Waals surface area contributed by atoms with E-state index in [1.54, 1.807) is 24.4 Å². The predicted octanol–water partition coefficient (Wildman–Crippen LogP) is 4.02. The fraction of sp³-hybridized carbons (Fsp3) is 0.136. The van der Waals surface area contributed by atoms with Crippen LogP contribution in [0.1, 0.15) is 28.4 Å². The molecule has 0 bridgehead atoms. The average molecular weight is 374 g/mol. The van der Waals surface area contributed by atoms with Gasteiger partial charge in [-0.05, 0) is 42.8 Å². The standard InChI is InChI=1S/C22H22N4O2/c1-15-4-3-5-17(10-15)12-24-22(28)18-11-21(14-23-13-18)26-20-8-6-19(7-9-20)25-16(2)27/h3-11,13-14,26H,12H2,1-2H3,(H,24,28)(H,25,27). The summed E-state index contributed by atoms with van der Waals surface area (Å²) in [5, 5.41) is 8.84. The number of benzene rings is 2. The normalized spacial score (nSPS) is 10.2. The van der Waals surface area contributed by atoms with E-state index in [0.717, 1.165) is 22.5 Å². The third-order valence-corrected chi connectivity index (χ3v) is 4.03. The third-order valence-electron chi connectivity index (χ3n) is 4.03. The summed E-state index contributed by atoms with van der Waals surface area (Å²) in [6.07, 6.45) is 3.19. The number of nitrogens with zero attached hydrogens (tertiary/aromatic N) is 1. The summed E-state index contributed by atoms with van der Waals surface area (Å²) >= 11 is 0. The molecule has 6 heteroatoms. The van der Waals surface area contributed by atoms with Crippen molar-refractivity contribution < 1.29 is 9.59 Å². The van der Waals surface area contributed by atoms with Crippen LogP contribution in [0.4, 0.5) is 17.1 Å². The molecule has 0 aliphatic rings. The minimum Gasteiger partial charge on any atom is -0.354 e. The van der Waals surface area contributed by atoms with Crippen molar-refractivity contribution in [3.8, 4) is 0 Å². The SMILES string of the molecule is CC(=O)Nc1ccc(Nc2cncc(C(=O)NCc3cccc(C)c3)c2)cc1. The van der Waals surface area contributed by atoms with Gasteiger partial charge in [-0.1, -0.05) is 29.8 Å². The third kappa shape index (κ3) is 5.41. The summed E-state index contributed by atoms with van der Waals surface area (Å²) in [6.45, 7) is 3.95. The smallest absolute Gasteiger partial charge is 0.253 e. The van der Waals surface area contributed by atoms with Crippen molar-refractivity contribution in [2.45, 2.75) is 20.4 Å². The minimum absolute atomic E-state index is 0.116. The Hall–Kier alpha value is -3.67. The van der Waals surface area contributed by atoms with Crippen LogP contribution in [0.25, 0.3) is 0 Å². The average Bonchev–Trinajstić information content (AvgIpc) is 2.67. The van der Waals surface area contributed by atoms with Gasteiger partial charge in [0, 0.05) is 31.0 Å². The van der Waals surface area contributed by atoms with Gasteiger partial charge in [-0.15, -0.1) is 0 Å². The molecule has 0 aliphatic carbocycles. The summed E-state index contributed by atoms with van der Waals surface area (Å²) in [6, 6.07) is 17.1. The Balaban J connectivity index is 1.63. The van der Waals surface area contributed by atoms with Gasteiger partial charge in [0.2, 0.25) is 5.91 Å². The molecule has 0 spiro atoms. The molecule has 142 valence electrons. The summed E-state index contributed by atoms with van der Waals surface area (Å²) in [4.78, 5) is 27.7. The Morgan fingerprint density at radius 2 is 1.68 bits per heavy atom. The number of hydrogen-bond donors (Lipinski definition) is 3. The lowest BCUT2D eigenvalue weighted by Crippen LogP contribution is -2.23. The van der Waals surface area contributed by atoms with E-state index in [-0.39, 0.29) is 11.8 Å². The highest BCUT2D eigenvalue weighted by Gasteiger charge is 2.07. The zero-order chi connectivity index (χ0) is 19.9. The predicted molar refractivity (Wildman–Crippen MR) is 111 cm³/mol. The molecule has 2 aromatic carbocycles. The van der Waals surface area contributed by atoms with Crippen LogP contribution in [0.3, 0.4) is 0 Å². The van der Waals surface area contributed by atoms with E-state index in [4.69, 9.17) is 0 Å². The highest BCUT2D eigenvalue weighted by atomic mass is 16.2. The molecule has 2 amide bonds. The summed E-state index contributed by atoms with van der Waals surface area (Å²) in [5.41, 5.74) is 4.94. The number of hydrogen-bond acceptors (Lipinski definition) is 4. The maximum absolute atomic E-state index is 12.4.